The van der Waals surface area contributed by atoms with Crippen molar-refractivity contribution in [2.45, 2.75) is 31.9 Å². The third-order valence-corrected chi connectivity index (χ3v) is 4.26. The van der Waals surface area contributed by atoms with Crippen molar-refractivity contribution in [2.75, 3.05) is 32.5 Å². The largest absolute Gasteiger partial charge is 0.378 e. The molecule has 8 heteroatoms. The van der Waals surface area contributed by atoms with Crippen LogP contribution in [0.25, 0.3) is 0 Å². The molecule has 0 unspecified atom stereocenters. The number of piperidine rings is 1. The highest BCUT2D eigenvalue weighted by Gasteiger charge is 2.20. The Morgan fingerprint density at radius 2 is 2.29 bits per heavy atom. The summed E-state index contributed by atoms with van der Waals surface area (Å²) in [5, 5.41) is 3.23. The molecule has 1 aliphatic rings. The van der Waals surface area contributed by atoms with Gasteiger partial charge in [0.2, 0.25) is 5.91 Å². The van der Waals surface area contributed by atoms with Crippen LogP contribution in [-0.2, 0) is 16.1 Å². The fourth-order valence-electron chi connectivity index (χ4n) is 2.29. The van der Waals surface area contributed by atoms with Crippen LogP contribution < -0.4 is 11.1 Å². The van der Waals surface area contributed by atoms with E-state index in [0.717, 1.165) is 32.5 Å². The molecule has 0 aromatic carbocycles. The molecule has 1 amide bonds. The zero-order valence-corrected chi connectivity index (χ0v) is 13.8. The lowest BCUT2D eigenvalue weighted by Gasteiger charge is -2.31. The van der Waals surface area contributed by atoms with Gasteiger partial charge in [-0.3, -0.25) is 9.69 Å². The Morgan fingerprint density at radius 1 is 1.57 bits per heavy atom. The minimum absolute atomic E-state index is 0. The lowest BCUT2D eigenvalue weighted by Crippen LogP contribution is -2.36. The van der Waals surface area contributed by atoms with Crippen molar-refractivity contribution in [3.63, 3.8) is 0 Å². The van der Waals surface area contributed by atoms with E-state index >= 15 is 0 Å². The van der Waals surface area contributed by atoms with E-state index in [9.17, 15) is 4.79 Å². The fourth-order valence-corrected chi connectivity index (χ4v) is 3.02. The number of halogens is 1. The van der Waals surface area contributed by atoms with Crippen LogP contribution >= 0.6 is 23.7 Å². The quantitative estimate of drug-likeness (QED) is 0.818. The highest BCUT2D eigenvalue weighted by Crippen LogP contribution is 2.20. The summed E-state index contributed by atoms with van der Waals surface area (Å²) in [5.41, 5.74) is 5.63. The lowest BCUT2D eigenvalue weighted by molar-refractivity contribution is -0.122. The van der Waals surface area contributed by atoms with E-state index < -0.39 is 0 Å². The minimum Gasteiger partial charge on any atom is -0.378 e. The topological polar surface area (TPSA) is 80.5 Å². The van der Waals surface area contributed by atoms with E-state index in [1.807, 2.05) is 6.20 Å². The van der Waals surface area contributed by atoms with Gasteiger partial charge in [-0.15, -0.1) is 23.7 Å². The maximum atomic E-state index is 11.1. The number of ether oxygens (including phenoxy) is 1. The number of carbonyl (C=O) groups excluding carboxylic acids is 1. The van der Waals surface area contributed by atoms with Crippen LogP contribution in [0.4, 0.5) is 5.13 Å². The summed E-state index contributed by atoms with van der Waals surface area (Å²) in [7, 11) is 1.65. The number of hydrogen-bond acceptors (Lipinski definition) is 6. The lowest BCUT2D eigenvalue weighted by atomic mass is 10.1. The molecule has 0 radical (unpaired) electrons. The Morgan fingerprint density at radius 3 is 2.86 bits per heavy atom. The predicted molar refractivity (Wildman–Crippen MR) is 86.7 cm³/mol. The number of likely N-dealkylation sites (tertiary alicyclic amines) is 1. The molecule has 3 N–H and O–H groups in total. The first-order valence-electron chi connectivity index (χ1n) is 6.92. The van der Waals surface area contributed by atoms with E-state index in [4.69, 9.17) is 10.5 Å². The summed E-state index contributed by atoms with van der Waals surface area (Å²) in [4.78, 5) is 18.8. The maximum absolute atomic E-state index is 11.1. The first kappa shape index (κ1) is 18.2. The normalized spacial score (nSPS) is 16.4. The number of thiazole rings is 1. The van der Waals surface area contributed by atoms with Gasteiger partial charge in [-0.25, -0.2) is 4.98 Å². The number of anilines is 1. The monoisotopic (exact) mass is 334 g/mol. The second kappa shape index (κ2) is 9.19. The molecule has 0 atom stereocenters. The molecule has 2 rings (SSSR count). The zero-order valence-electron chi connectivity index (χ0n) is 12.2. The Bertz CT molecular complexity index is 436. The zero-order chi connectivity index (χ0) is 14.4. The van der Waals surface area contributed by atoms with Crippen molar-refractivity contribution < 1.29 is 9.53 Å². The molecule has 6 nitrogen and oxygen atoms in total. The van der Waals surface area contributed by atoms with E-state index in [0.29, 0.717) is 18.2 Å². The number of hydrogen-bond donors (Lipinski definition) is 2. The number of nitrogens with zero attached hydrogens (tertiary/aromatic N) is 2. The van der Waals surface area contributed by atoms with Crippen LogP contribution in [-0.4, -0.2) is 48.6 Å². The molecule has 1 aromatic heterocycles. The van der Waals surface area contributed by atoms with Gasteiger partial charge in [0.05, 0.1) is 12.7 Å². The minimum atomic E-state index is 0. The number of rotatable bonds is 6. The van der Waals surface area contributed by atoms with Gasteiger partial charge in [-0.2, -0.15) is 0 Å². The number of nitrogens with two attached hydrogens (primary N) is 1. The van der Waals surface area contributed by atoms with Crippen molar-refractivity contribution in [3.8, 4) is 0 Å². The average molecular weight is 335 g/mol. The molecular weight excluding hydrogens is 312 g/mol. The second-order valence-electron chi connectivity index (χ2n) is 4.93. The van der Waals surface area contributed by atoms with Gasteiger partial charge in [0.15, 0.2) is 5.13 Å². The molecule has 0 bridgehead atoms. The van der Waals surface area contributed by atoms with Gasteiger partial charge in [0.1, 0.15) is 0 Å². The molecule has 1 fully saturated rings. The van der Waals surface area contributed by atoms with E-state index in [1.54, 1.807) is 18.4 Å². The van der Waals surface area contributed by atoms with Gasteiger partial charge in [0.25, 0.3) is 0 Å². The number of nitrogens with one attached hydrogen (secondary N) is 1. The van der Waals surface area contributed by atoms with Crippen molar-refractivity contribution in [3.05, 3.63) is 11.1 Å². The van der Waals surface area contributed by atoms with Crippen molar-refractivity contribution in [1.82, 2.24) is 15.2 Å². The molecule has 0 spiro atoms. The van der Waals surface area contributed by atoms with Gasteiger partial charge >= 0.3 is 0 Å². The SMILES string of the molecule is CNC(=O)CCOC1CCN(Cc2cnc(N)s2)CC1.Cl. The number of amides is 1. The van der Waals surface area contributed by atoms with Crippen molar-refractivity contribution in [1.29, 1.82) is 0 Å². The maximum Gasteiger partial charge on any atom is 0.222 e. The van der Waals surface area contributed by atoms with Crippen LogP contribution in [0.3, 0.4) is 0 Å². The summed E-state index contributed by atoms with van der Waals surface area (Å²) in [6, 6.07) is 0. The summed E-state index contributed by atoms with van der Waals surface area (Å²) in [5.74, 6) is 0.0326. The molecule has 2 heterocycles. The second-order valence-corrected chi connectivity index (χ2v) is 6.08. The third kappa shape index (κ3) is 6.17. The summed E-state index contributed by atoms with van der Waals surface area (Å²) in [6.45, 7) is 3.46. The number of carbonyl (C=O) groups is 1. The van der Waals surface area contributed by atoms with Gasteiger partial charge < -0.3 is 15.8 Å². The summed E-state index contributed by atoms with van der Waals surface area (Å²) >= 11 is 1.55. The van der Waals surface area contributed by atoms with Crippen LogP contribution in [0.5, 0.6) is 0 Å². The Hall–Kier alpha value is -0.890. The van der Waals surface area contributed by atoms with Gasteiger partial charge in [-0.05, 0) is 12.8 Å². The van der Waals surface area contributed by atoms with Crippen LogP contribution in [0.2, 0.25) is 0 Å². The molecule has 1 saturated heterocycles. The van der Waals surface area contributed by atoms with E-state index in [-0.39, 0.29) is 24.4 Å². The van der Waals surface area contributed by atoms with Crippen molar-refractivity contribution in [2.24, 2.45) is 0 Å². The Kier molecular flexibility index (Phi) is 7.95. The standard InChI is InChI=1S/C13H22N4O2S.ClH/c1-15-12(18)4-7-19-10-2-5-17(6-3-10)9-11-8-16-13(14)20-11;/h8,10H,2-7,9H2,1H3,(H2,14,16)(H,15,18);1H. The van der Waals surface area contributed by atoms with Crippen LogP contribution in [0, 0.1) is 0 Å². The number of nitrogen functional groups attached to an aromatic ring is 1. The first-order chi connectivity index (χ1) is 9.67. The summed E-state index contributed by atoms with van der Waals surface area (Å²) < 4.78 is 5.74. The van der Waals surface area contributed by atoms with E-state index in [2.05, 4.69) is 15.2 Å². The van der Waals surface area contributed by atoms with Crippen LogP contribution in [0.1, 0.15) is 24.1 Å². The smallest absolute Gasteiger partial charge is 0.222 e. The molecule has 1 aliphatic heterocycles. The van der Waals surface area contributed by atoms with Crippen LogP contribution in [0.15, 0.2) is 6.20 Å². The molecule has 1 aromatic rings. The molecular formula is C13H23ClN4O2S. The molecule has 0 saturated carbocycles. The highest BCUT2D eigenvalue weighted by molar-refractivity contribution is 7.15. The average Bonchev–Trinajstić information content (AvgIpc) is 2.86. The molecule has 120 valence electrons. The highest BCUT2D eigenvalue weighted by atomic mass is 35.5. The van der Waals surface area contributed by atoms with Crippen molar-refractivity contribution >= 4 is 34.8 Å². The van der Waals surface area contributed by atoms with Gasteiger partial charge in [0, 0.05) is 44.2 Å². The number of aromatic nitrogens is 1. The third-order valence-electron chi connectivity index (χ3n) is 3.45. The molecule has 0 aliphatic carbocycles. The summed E-state index contributed by atoms with van der Waals surface area (Å²) in [6.07, 6.45) is 4.61. The Balaban J connectivity index is 0.00000220. The first-order valence-corrected chi connectivity index (χ1v) is 7.73. The van der Waals surface area contributed by atoms with E-state index in [1.165, 1.54) is 4.88 Å². The Labute approximate surface area is 135 Å². The molecule has 21 heavy (non-hydrogen) atoms. The fraction of sp³-hybridized carbons (Fsp3) is 0.692. The van der Waals surface area contributed by atoms with Gasteiger partial charge in [-0.1, -0.05) is 0 Å². The predicted octanol–water partition coefficient (Wildman–Crippen LogP) is 1.26.